The summed E-state index contributed by atoms with van der Waals surface area (Å²) in [6.07, 6.45) is 2.65. The van der Waals surface area contributed by atoms with Gasteiger partial charge in [0, 0.05) is 6.54 Å². The molecule has 0 saturated heterocycles. The highest BCUT2D eigenvalue weighted by Gasteiger charge is 2.09. The molecular formula is C15H16ClN3O. The van der Waals surface area contributed by atoms with Gasteiger partial charge in [-0.1, -0.05) is 30.7 Å². The number of carbonyl (C=O) groups excluding carboxylic acids is 1. The first-order valence-corrected chi connectivity index (χ1v) is 6.84. The molecule has 0 unspecified atom stereocenters. The summed E-state index contributed by atoms with van der Waals surface area (Å²) in [6, 6.07) is 10.6. The first-order valence-electron chi connectivity index (χ1n) is 6.46. The predicted octanol–water partition coefficient (Wildman–Crippen LogP) is 3.81. The fourth-order valence-corrected chi connectivity index (χ4v) is 1.89. The summed E-state index contributed by atoms with van der Waals surface area (Å²) < 4.78 is 0. The Labute approximate surface area is 123 Å². The zero-order valence-electron chi connectivity index (χ0n) is 11.2. The smallest absolute Gasteiger partial charge is 0.257 e. The van der Waals surface area contributed by atoms with Crippen molar-refractivity contribution in [1.29, 1.82) is 0 Å². The van der Waals surface area contributed by atoms with Crippen molar-refractivity contribution in [1.82, 2.24) is 4.98 Å². The van der Waals surface area contributed by atoms with Crippen LogP contribution in [0.3, 0.4) is 0 Å². The molecule has 0 aliphatic rings. The number of carbonyl (C=O) groups is 1. The van der Waals surface area contributed by atoms with Gasteiger partial charge >= 0.3 is 0 Å². The third kappa shape index (κ3) is 3.71. The van der Waals surface area contributed by atoms with Gasteiger partial charge in [0.05, 0.1) is 22.5 Å². The number of pyridine rings is 1. The predicted molar refractivity (Wildman–Crippen MR) is 82.4 cm³/mol. The lowest BCUT2D eigenvalue weighted by atomic mass is 10.2. The van der Waals surface area contributed by atoms with Crippen LogP contribution in [-0.4, -0.2) is 17.4 Å². The van der Waals surface area contributed by atoms with Crippen LogP contribution in [-0.2, 0) is 0 Å². The van der Waals surface area contributed by atoms with Gasteiger partial charge in [0.1, 0.15) is 5.82 Å². The van der Waals surface area contributed by atoms with E-state index in [1.165, 1.54) is 0 Å². The van der Waals surface area contributed by atoms with Gasteiger partial charge < -0.3 is 10.6 Å². The summed E-state index contributed by atoms with van der Waals surface area (Å²) in [5.74, 6) is 0.550. The number of anilines is 2. The molecule has 2 N–H and O–H groups in total. The summed E-state index contributed by atoms with van der Waals surface area (Å²) in [4.78, 5) is 16.3. The molecule has 2 aromatic rings. The number of hydrogen-bond acceptors (Lipinski definition) is 3. The summed E-state index contributed by atoms with van der Waals surface area (Å²) in [6.45, 7) is 2.96. The van der Waals surface area contributed by atoms with Crippen molar-refractivity contribution < 1.29 is 4.79 Å². The average Bonchev–Trinajstić information content (AvgIpc) is 2.47. The number of rotatable bonds is 5. The van der Waals surface area contributed by atoms with E-state index in [0.29, 0.717) is 16.3 Å². The van der Waals surface area contributed by atoms with E-state index in [4.69, 9.17) is 11.6 Å². The Morgan fingerprint density at radius 3 is 2.70 bits per heavy atom. The first-order chi connectivity index (χ1) is 9.70. The average molecular weight is 290 g/mol. The molecule has 0 atom stereocenters. The number of hydrogen-bond donors (Lipinski definition) is 2. The van der Waals surface area contributed by atoms with Crippen molar-refractivity contribution in [2.24, 2.45) is 0 Å². The maximum absolute atomic E-state index is 12.1. The van der Waals surface area contributed by atoms with Gasteiger partial charge in [-0.2, -0.15) is 0 Å². The lowest BCUT2D eigenvalue weighted by molar-refractivity contribution is 0.102. The second-order valence-corrected chi connectivity index (χ2v) is 4.70. The number of benzene rings is 1. The van der Waals surface area contributed by atoms with E-state index in [0.717, 1.165) is 18.8 Å². The zero-order chi connectivity index (χ0) is 14.4. The fraction of sp³-hybridized carbons (Fsp3) is 0.200. The molecule has 2 rings (SSSR count). The van der Waals surface area contributed by atoms with Gasteiger partial charge in [-0.15, -0.1) is 0 Å². The number of aromatic nitrogens is 1. The lowest BCUT2D eigenvalue weighted by Gasteiger charge is -2.08. The highest BCUT2D eigenvalue weighted by molar-refractivity contribution is 6.34. The first kappa shape index (κ1) is 14.3. The van der Waals surface area contributed by atoms with Gasteiger partial charge in [-0.25, -0.2) is 4.98 Å². The van der Waals surface area contributed by atoms with Gasteiger partial charge in [-0.3, -0.25) is 4.79 Å². The molecule has 0 bridgehead atoms. The fourth-order valence-electron chi connectivity index (χ4n) is 1.67. The third-order valence-corrected chi connectivity index (χ3v) is 3.03. The second-order valence-electron chi connectivity index (χ2n) is 4.29. The standard InChI is InChI=1S/C15H16ClN3O/c1-2-9-17-14-8-7-11(10-18-14)19-15(20)12-5-3-4-6-13(12)16/h3-8,10H,2,9H2,1H3,(H,17,18)(H,19,20). The summed E-state index contributed by atoms with van der Waals surface area (Å²) in [7, 11) is 0. The van der Waals surface area contributed by atoms with E-state index < -0.39 is 0 Å². The summed E-state index contributed by atoms with van der Waals surface area (Å²) >= 11 is 5.98. The molecule has 0 radical (unpaired) electrons. The Hall–Kier alpha value is -2.07. The SMILES string of the molecule is CCCNc1ccc(NC(=O)c2ccccc2Cl)cn1. The van der Waals surface area contributed by atoms with Gasteiger partial charge in [0.15, 0.2) is 0 Å². The number of nitrogens with one attached hydrogen (secondary N) is 2. The lowest BCUT2D eigenvalue weighted by Crippen LogP contribution is -2.12. The molecule has 20 heavy (non-hydrogen) atoms. The van der Waals surface area contributed by atoms with Crippen molar-refractivity contribution in [3.63, 3.8) is 0 Å². The highest BCUT2D eigenvalue weighted by Crippen LogP contribution is 2.17. The van der Waals surface area contributed by atoms with Crippen molar-refractivity contribution in [3.05, 3.63) is 53.2 Å². The molecule has 1 amide bonds. The Kier molecular flexibility index (Phi) is 4.96. The van der Waals surface area contributed by atoms with Crippen molar-refractivity contribution in [2.45, 2.75) is 13.3 Å². The van der Waals surface area contributed by atoms with E-state index in [2.05, 4.69) is 22.5 Å². The Bertz CT molecular complexity index is 584. The minimum Gasteiger partial charge on any atom is -0.370 e. The molecule has 0 aliphatic heterocycles. The van der Waals surface area contributed by atoms with E-state index in [9.17, 15) is 4.79 Å². The minimum absolute atomic E-state index is 0.244. The molecule has 1 heterocycles. The van der Waals surface area contributed by atoms with Crippen molar-refractivity contribution >= 4 is 29.0 Å². The van der Waals surface area contributed by atoms with E-state index >= 15 is 0 Å². The molecule has 104 valence electrons. The third-order valence-electron chi connectivity index (χ3n) is 2.70. The molecule has 1 aromatic heterocycles. The summed E-state index contributed by atoms with van der Waals surface area (Å²) in [5, 5.41) is 6.37. The molecular weight excluding hydrogens is 274 g/mol. The number of halogens is 1. The van der Waals surface area contributed by atoms with Crippen molar-refractivity contribution in [3.8, 4) is 0 Å². The van der Waals surface area contributed by atoms with Gasteiger partial charge in [-0.05, 0) is 30.7 Å². The van der Waals surface area contributed by atoms with Crippen LogP contribution in [0.5, 0.6) is 0 Å². The maximum Gasteiger partial charge on any atom is 0.257 e. The molecule has 1 aromatic carbocycles. The minimum atomic E-state index is -0.244. The zero-order valence-corrected chi connectivity index (χ0v) is 11.9. The molecule has 5 heteroatoms. The van der Waals surface area contributed by atoms with Gasteiger partial charge in [0.25, 0.3) is 5.91 Å². The van der Waals surface area contributed by atoms with Crippen LogP contribution in [0.4, 0.5) is 11.5 Å². The van der Waals surface area contributed by atoms with Crippen LogP contribution in [0.25, 0.3) is 0 Å². The number of amides is 1. The largest absolute Gasteiger partial charge is 0.370 e. The Morgan fingerprint density at radius 1 is 1.25 bits per heavy atom. The highest BCUT2D eigenvalue weighted by atomic mass is 35.5. The normalized spacial score (nSPS) is 10.1. The Balaban J connectivity index is 2.03. The molecule has 0 aliphatic carbocycles. The quantitative estimate of drug-likeness (QED) is 0.880. The van der Waals surface area contributed by atoms with Crippen LogP contribution in [0.1, 0.15) is 23.7 Å². The molecule has 0 fully saturated rings. The van der Waals surface area contributed by atoms with E-state index in [-0.39, 0.29) is 5.91 Å². The van der Waals surface area contributed by atoms with Gasteiger partial charge in [0.2, 0.25) is 0 Å². The maximum atomic E-state index is 12.1. The Morgan fingerprint density at radius 2 is 2.05 bits per heavy atom. The van der Waals surface area contributed by atoms with E-state index in [1.54, 1.807) is 36.5 Å². The van der Waals surface area contributed by atoms with Crippen LogP contribution in [0.2, 0.25) is 5.02 Å². The van der Waals surface area contributed by atoms with Crippen LogP contribution in [0, 0.1) is 0 Å². The van der Waals surface area contributed by atoms with Crippen LogP contribution in [0.15, 0.2) is 42.6 Å². The monoisotopic (exact) mass is 289 g/mol. The topological polar surface area (TPSA) is 54.0 Å². The van der Waals surface area contributed by atoms with Crippen LogP contribution < -0.4 is 10.6 Å². The number of nitrogens with zero attached hydrogens (tertiary/aromatic N) is 1. The second kappa shape index (κ2) is 6.91. The van der Waals surface area contributed by atoms with Crippen molar-refractivity contribution in [2.75, 3.05) is 17.2 Å². The molecule has 0 saturated carbocycles. The molecule has 0 spiro atoms. The summed E-state index contributed by atoms with van der Waals surface area (Å²) in [5.41, 5.74) is 1.08. The van der Waals surface area contributed by atoms with E-state index in [1.807, 2.05) is 6.07 Å². The van der Waals surface area contributed by atoms with Crippen LogP contribution >= 0.6 is 11.6 Å². The molecule has 4 nitrogen and oxygen atoms in total.